The van der Waals surface area contributed by atoms with Crippen molar-refractivity contribution >= 4 is 12.0 Å². The first-order chi connectivity index (χ1) is 26.8. The lowest BCUT2D eigenvalue weighted by molar-refractivity contribution is -0.144. The number of nitrogens with one attached hydrogen (secondary N) is 1. The third kappa shape index (κ3) is 39.2. The van der Waals surface area contributed by atoms with E-state index in [1.807, 2.05) is 0 Å². The minimum absolute atomic E-state index is 0.0283. The van der Waals surface area contributed by atoms with Crippen LogP contribution in [0.15, 0.2) is 0 Å². The summed E-state index contributed by atoms with van der Waals surface area (Å²) in [7, 11) is 3.56. The second-order valence-corrected chi connectivity index (χ2v) is 16.7. The second-order valence-electron chi connectivity index (χ2n) is 16.7. The molecule has 2 amide bonds. The zero-order valence-electron chi connectivity index (χ0n) is 37.5. The van der Waals surface area contributed by atoms with Gasteiger partial charge in [0.05, 0.1) is 12.7 Å². The molecule has 0 saturated heterocycles. The van der Waals surface area contributed by atoms with E-state index in [1.54, 1.807) is 19.0 Å². The van der Waals surface area contributed by atoms with Crippen molar-refractivity contribution < 1.29 is 24.2 Å². The van der Waals surface area contributed by atoms with Crippen molar-refractivity contribution in [3.05, 3.63) is 0 Å². The van der Waals surface area contributed by atoms with Gasteiger partial charge in [0, 0.05) is 27.1 Å². The third-order valence-electron chi connectivity index (χ3n) is 11.0. The number of aliphatic hydroxyl groups excluding tert-OH is 1. The number of carbonyl (C=O) groups excluding carboxylic acids is 2. The van der Waals surface area contributed by atoms with Crippen molar-refractivity contribution in [1.29, 1.82) is 0 Å². The Kier molecular flexibility index (Phi) is 41.2. The molecule has 0 rings (SSSR count). The number of rotatable bonds is 43. The Morgan fingerprint density at radius 3 is 1.45 bits per heavy atom. The summed E-state index contributed by atoms with van der Waals surface area (Å²) in [5, 5.41) is 13.8. The average molecular weight is 782 g/mol. The van der Waals surface area contributed by atoms with Crippen molar-refractivity contribution in [2.24, 2.45) is 0 Å². The van der Waals surface area contributed by atoms with Crippen LogP contribution in [-0.2, 0) is 14.3 Å². The third-order valence-corrected chi connectivity index (χ3v) is 11.0. The number of carbonyl (C=O) groups is 2. The van der Waals surface area contributed by atoms with Gasteiger partial charge in [-0.15, -0.1) is 0 Å². The molecule has 1 unspecified atom stereocenters. The van der Waals surface area contributed by atoms with E-state index in [2.05, 4.69) is 31.0 Å². The van der Waals surface area contributed by atoms with Crippen molar-refractivity contribution in [1.82, 2.24) is 15.1 Å². The normalized spacial score (nSPS) is 12.1. The van der Waals surface area contributed by atoms with E-state index in [-0.39, 0.29) is 18.1 Å². The summed E-state index contributed by atoms with van der Waals surface area (Å²) in [6.07, 6.45) is 38.1. The van der Waals surface area contributed by atoms with Crippen LogP contribution in [0.4, 0.5) is 4.79 Å². The predicted octanol–water partition coefficient (Wildman–Crippen LogP) is 12.7. The van der Waals surface area contributed by atoms with Crippen LogP contribution in [0.3, 0.4) is 0 Å². The molecular formula is C47H95N3O5. The molecule has 55 heavy (non-hydrogen) atoms. The maximum absolute atomic E-state index is 12.1. The summed E-state index contributed by atoms with van der Waals surface area (Å²) in [5.41, 5.74) is 0. The highest BCUT2D eigenvalue weighted by Gasteiger charge is 2.15. The lowest BCUT2D eigenvalue weighted by atomic mass is 10.0. The number of urea groups is 1. The summed E-state index contributed by atoms with van der Waals surface area (Å²) in [5.74, 6) is -0.0307. The number of esters is 1. The monoisotopic (exact) mass is 782 g/mol. The van der Waals surface area contributed by atoms with Gasteiger partial charge in [-0.05, 0) is 77.4 Å². The fourth-order valence-electron chi connectivity index (χ4n) is 7.33. The van der Waals surface area contributed by atoms with Gasteiger partial charge in [-0.2, -0.15) is 0 Å². The number of hydrogen-bond acceptors (Lipinski definition) is 6. The van der Waals surface area contributed by atoms with Crippen molar-refractivity contribution in [2.45, 2.75) is 245 Å². The number of nitrogens with zero attached hydrogens (tertiary/aromatic N) is 2. The quantitative estimate of drug-likeness (QED) is 0.0364. The van der Waals surface area contributed by atoms with Gasteiger partial charge in [-0.25, -0.2) is 4.79 Å². The van der Waals surface area contributed by atoms with E-state index in [4.69, 9.17) is 9.47 Å². The SMILES string of the molecule is CCCCCCCCOC(=O)CCCCCCCN(CCCCCCCC(O)OC(CCCCCCCC)CCCCCCCC)CCCNC(=O)N(C)C. The van der Waals surface area contributed by atoms with Gasteiger partial charge >= 0.3 is 12.0 Å². The lowest BCUT2D eigenvalue weighted by Gasteiger charge is -2.23. The Bertz CT molecular complexity index is 797. The van der Waals surface area contributed by atoms with E-state index >= 15 is 0 Å². The molecule has 0 radical (unpaired) electrons. The molecule has 0 heterocycles. The van der Waals surface area contributed by atoms with Crippen LogP contribution in [0.2, 0.25) is 0 Å². The minimum Gasteiger partial charge on any atom is -0.466 e. The van der Waals surface area contributed by atoms with Crippen LogP contribution < -0.4 is 5.32 Å². The molecule has 8 nitrogen and oxygen atoms in total. The molecule has 0 aliphatic heterocycles. The van der Waals surface area contributed by atoms with Crippen LogP contribution in [0.25, 0.3) is 0 Å². The Labute approximate surface area is 342 Å². The number of amides is 2. The number of unbranched alkanes of at least 4 members (excludes halogenated alkanes) is 23. The standard InChI is InChI=1S/C47H95N3O5/c1-6-9-12-15-20-27-35-44(36-28-21-16-13-10-7-2)55-46(52)38-30-23-19-25-32-41-50(42-34-39-48-47(53)49(4)5)40-31-24-18-22-29-37-45(51)54-43-33-26-17-14-11-8-3/h44,46,52H,6-43H2,1-5H3,(H,48,53). The molecule has 0 spiro atoms. The first-order valence-electron chi connectivity index (χ1n) is 24.0. The summed E-state index contributed by atoms with van der Waals surface area (Å²) in [6.45, 7) is 11.2. The Morgan fingerprint density at radius 2 is 0.945 bits per heavy atom. The number of ether oxygens (including phenoxy) is 2. The van der Waals surface area contributed by atoms with Crippen molar-refractivity contribution in [3.8, 4) is 0 Å². The van der Waals surface area contributed by atoms with Gasteiger partial charge in [-0.1, -0.05) is 168 Å². The molecule has 0 saturated carbocycles. The molecule has 0 aromatic rings. The van der Waals surface area contributed by atoms with Crippen LogP contribution in [-0.4, -0.2) is 86.2 Å². The fourth-order valence-corrected chi connectivity index (χ4v) is 7.33. The Hall–Kier alpha value is -1.38. The van der Waals surface area contributed by atoms with Gasteiger partial charge in [0.1, 0.15) is 0 Å². The molecule has 0 bridgehead atoms. The maximum atomic E-state index is 12.1. The molecule has 0 aromatic heterocycles. The first kappa shape index (κ1) is 53.6. The highest BCUT2D eigenvalue weighted by molar-refractivity contribution is 5.73. The zero-order valence-corrected chi connectivity index (χ0v) is 37.5. The molecule has 8 heteroatoms. The largest absolute Gasteiger partial charge is 0.466 e. The molecule has 0 aromatic carbocycles. The second kappa shape index (κ2) is 42.2. The lowest BCUT2D eigenvalue weighted by Crippen LogP contribution is -2.36. The average Bonchev–Trinajstić information content (AvgIpc) is 3.17. The summed E-state index contributed by atoms with van der Waals surface area (Å²) in [6, 6.07) is -0.0283. The van der Waals surface area contributed by atoms with Gasteiger partial charge in [0.25, 0.3) is 0 Å². The van der Waals surface area contributed by atoms with Crippen molar-refractivity contribution in [3.63, 3.8) is 0 Å². The molecular weight excluding hydrogens is 687 g/mol. The molecule has 1 atom stereocenters. The predicted molar refractivity (Wildman–Crippen MR) is 235 cm³/mol. The van der Waals surface area contributed by atoms with E-state index < -0.39 is 6.29 Å². The Balaban J connectivity index is 4.36. The van der Waals surface area contributed by atoms with Gasteiger partial charge in [-0.3, -0.25) is 4.79 Å². The van der Waals surface area contributed by atoms with E-state index in [0.717, 1.165) is 90.3 Å². The summed E-state index contributed by atoms with van der Waals surface area (Å²) < 4.78 is 11.7. The molecule has 2 N–H and O–H groups in total. The van der Waals surface area contributed by atoms with Gasteiger partial charge in [0.2, 0.25) is 0 Å². The van der Waals surface area contributed by atoms with Crippen LogP contribution in [0.1, 0.15) is 233 Å². The zero-order chi connectivity index (χ0) is 40.5. The smallest absolute Gasteiger partial charge is 0.316 e. The fraction of sp³-hybridized carbons (Fsp3) is 0.957. The summed E-state index contributed by atoms with van der Waals surface area (Å²) >= 11 is 0. The van der Waals surface area contributed by atoms with Crippen LogP contribution in [0.5, 0.6) is 0 Å². The minimum atomic E-state index is -0.627. The highest BCUT2D eigenvalue weighted by Crippen LogP contribution is 2.20. The molecule has 0 aliphatic rings. The van der Waals surface area contributed by atoms with E-state index in [0.29, 0.717) is 19.6 Å². The molecule has 0 fully saturated rings. The van der Waals surface area contributed by atoms with Crippen molar-refractivity contribution in [2.75, 3.05) is 46.9 Å². The highest BCUT2D eigenvalue weighted by atomic mass is 16.6. The number of hydrogen-bond donors (Lipinski definition) is 2. The van der Waals surface area contributed by atoms with Gasteiger partial charge < -0.3 is 29.7 Å². The molecule has 328 valence electrons. The van der Waals surface area contributed by atoms with Crippen LogP contribution >= 0.6 is 0 Å². The van der Waals surface area contributed by atoms with Gasteiger partial charge in [0.15, 0.2) is 6.29 Å². The number of aliphatic hydroxyl groups is 1. The maximum Gasteiger partial charge on any atom is 0.316 e. The van der Waals surface area contributed by atoms with Crippen LogP contribution in [0, 0.1) is 0 Å². The van der Waals surface area contributed by atoms with E-state index in [9.17, 15) is 14.7 Å². The summed E-state index contributed by atoms with van der Waals surface area (Å²) in [4.78, 5) is 28.2. The first-order valence-corrected chi connectivity index (χ1v) is 24.0. The molecule has 0 aliphatic carbocycles. The topological polar surface area (TPSA) is 91.3 Å². The Morgan fingerprint density at radius 1 is 0.527 bits per heavy atom. The van der Waals surface area contributed by atoms with E-state index in [1.165, 1.54) is 135 Å².